The van der Waals surface area contributed by atoms with E-state index in [9.17, 15) is 4.79 Å². The molecule has 32 heavy (non-hydrogen) atoms. The lowest BCUT2D eigenvalue weighted by Gasteiger charge is -2.19. The summed E-state index contributed by atoms with van der Waals surface area (Å²) in [5.41, 5.74) is 2.70. The Hall–Kier alpha value is -3.71. The Morgan fingerprint density at radius 1 is 1.12 bits per heavy atom. The average Bonchev–Trinajstić information content (AvgIpc) is 3.25. The number of hydrogen-bond donors (Lipinski definition) is 2. The van der Waals surface area contributed by atoms with Crippen LogP contribution in [-0.2, 0) is 13.1 Å². The Labute approximate surface area is 186 Å². The van der Waals surface area contributed by atoms with E-state index in [1.54, 1.807) is 18.3 Å². The Kier molecular flexibility index (Phi) is 5.33. The minimum atomic E-state index is -0.223. The Balaban J connectivity index is 1.59. The molecule has 7 heteroatoms. The molecule has 0 fully saturated rings. The molecule has 0 aliphatic carbocycles. The molecule has 0 saturated carbocycles. The van der Waals surface area contributed by atoms with Crippen LogP contribution in [0.1, 0.15) is 30.0 Å². The number of imidazole rings is 1. The third kappa shape index (κ3) is 3.83. The van der Waals surface area contributed by atoms with Crippen molar-refractivity contribution in [2.75, 3.05) is 11.9 Å². The van der Waals surface area contributed by atoms with E-state index in [1.165, 1.54) is 0 Å². The number of carbonyl (C=O) groups is 1. The molecule has 2 aromatic heterocycles. The van der Waals surface area contributed by atoms with Crippen molar-refractivity contribution in [3.8, 4) is 17.0 Å². The van der Waals surface area contributed by atoms with Crippen LogP contribution in [0.25, 0.3) is 22.0 Å². The molecule has 3 heterocycles. The molecule has 0 atom stereocenters. The standard InChI is InChI=1S/C25H25N5O2/c1-16(2)32-23-20-12-18(21-14-27-22-15-26-10-11-30(21)22)8-9-19(20)13-28-24(23)29-25(31)17-6-4-3-5-7-17/h3-9,12-14,16,26H,10-11,15H2,1-2H3,(H,28,29,31). The van der Waals surface area contributed by atoms with Gasteiger partial charge in [0.2, 0.25) is 0 Å². The van der Waals surface area contributed by atoms with Crippen LogP contribution in [-0.4, -0.2) is 33.1 Å². The average molecular weight is 428 g/mol. The molecule has 5 rings (SSSR count). The maximum Gasteiger partial charge on any atom is 0.256 e. The lowest BCUT2D eigenvalue weighted by atomic mass is 10.1. The fourth-order valence-corrected chi connectivity index (χ4v) is 3.98. The molecule has 1 amide bonds. The maximum absolute atomic E-state index is 12.8. The monoisotopic (exact) mass is 427 g/mol. The molecular formula is C25H25N5O2. The van der Waals surface area contributed by atoms with E-state index in [-0.39, 0.29) is 12.0 Å². The third-order valence-corrected chi connectivity index (χ3v) is 5.50. The second-order valence-corrected chi connectivity index (χ2v) is 8.11. The number of rotatable bonds is 5. The molecule has 0 saturated heterocycles. The molecule has 1 aliphatic rings. The smallest absolute Gasteiger partial charge is 0.256 e. The summed E-state index contributed by atoms with van der Waals surface area (Å²) >= 11 is 0. The highest BCUT2D eigenvalue weighted by atomic mass is 16.5. The number of nitrogens with zero attached hydrogens (tertiary/aromatic N) is 3. The molecular weight excluding hydrogens is 402 g/mol. The topological polar surface area (TPSA) is 81.1 Å². The third-order valence-electron chi connectivity index (χ3n) is 5.50. The number of anilines is 1. The molecule has 4 aromatic rings. The highest BCUT2D eigenvalue weighted by Crippen LogP contribution is 2.36. The summed E-state index contributed by atoms with van der Waals surface area (Å²) in [5, 5.41) is 8.13. The maximum atomic E-state index is 12.8. The van der Waals surface area contributed by atoms with E-state index < -0.39 is 0 Å². The van der Waals surface area contributed by atoms with E-state index in [2.05, 4.69) is 37.3 Å². The normalized spacial score (nSPS) is 13.2. The summed E-state index contributed by atoms with van der Waals surface area (Å²) < 4.78 is 8.42. The van der Waals surface area contributed by atoms with Crippen molar-refractivity contribution in [3.63, 3.8) is 0 Å². The van der Waals surface area contributed by atoms with Crippen LogP contribution >= 0.6 is 0 Å². The van der Waals surface area contributed by atoms with Gasteiger partial charge in [0, 0.05) is 41.2 Å². The Morgan fingerprint density at radius 2 is 1.97 bits per heavy atom. The summed E-state index contributed by atoms with van der Waals surface area (Å²) in [4.78, 5) is 21.9. The van der Waals surface area contributed by atoms with Gasteiger partial charge < -0.3 is 19.9 Å². The van der Waals surface area contributed by atoms with Crippen LogP contribution in [0, 0.1) is 0 Å². The van der Waals surface area contributed by atoms with Crippen LogP contribution in [0.5, 0.6) is 5.75 Å². The van der Waals surface area contributed by atoms with Gasteiger partial charge in [0.15, 0.2) is 11.6 Å². The summed E-state index contributed by atoms with van der Waals surface area (Å²) in [6.07, 6.45) is 3.61. The molecule has 0 unspecified atom stereocenters. The van der Waals surface area contributed by atoms with Crippen LogP contribution in [0.3, 0.4) is 0 Å². The number of ether oxygens (including phenoxy) is 1. The molecule has 2 aromatic carbocycles. The van der Waals surface area contributed by atoms with Crippen molar-refractivity contribution in [2.24, 2.45) is 0 Å². The number of amides is 1. The van der Waals surface area contributed by atoms with E-state index in [1.807, 2.05) is 44.3 Å². The lowest BCUT2D eigenvalue weighted by Crippen LogP contribution is -2.28. The Morgan fingerprint density at radius 3 is 2.78 bits per heavy atom. The minimum absolute atomic E-state index is 0.0766. The van der Waals surface area contributed by atoms with Crippen molar-refractivity contribution in [2.45, 2.75) is 33.0 Å². The Bertz CT molecular complexity index is 1280. The summed E-state index contributed by atoms with van der Waals surface area (Å²) in [7, 11) is 0. The first-order valence-corrected chi connectivity index (χ1v) is 10.8. The van der Waals surface area contributed by atoms with Gasteiger partial charge in [-0.3, -0.25) is 4.79 Å². The molecule has 0 spiro atoms. The largest absolute Gasteiger partial charge is 0.486 e. The first-order chi connectivity index (χ1) is 15.6. The van der Waals surface area contributed by atoms with Crippen LogP contribution < -0.4 is 15.4 Å². The van der Waals surface area contributed by atoms with Crippen LogP contribution in [0.2, 0.25) is 0 Å². The quantitative estimate of drug-likeness (QED) is 0.498. The van der Waals surface area contributed by atoms with Gasteiger partial charge in [-0.25, -0.2) is 9.97 Å². The summed E-state index contributed by atoms with van der Waals surface area (Å²) in [6.45, 7) is 6.50. The first kappa shape index (κ1) is 20.2. The van der Waals surface area contributed by atoms with E-state index in [4.69, 9.17) is 4.74 Å². The highest BCUT2D eigenvalue weighted by molar-refractivity contribution is 6.06. The van der Waals surface area contributed by atoms with Crippen molar-refractivity contribution >= 4 is 22.5 Å². The van der Waals surface area contributed by atoms with Crippen LogP contribution in [0.15, 0.2) is 60.9 Å². The van der Waals surface area contributed by atoms with Gasteiger partial charge in [-0.05, 0) is 32.0 Å². The molecule has 0 bridgehead atoms. The van der Waals surface area contributed by atoms with Gasteiger partial charge in [-0.15, -0.1) is 0 Å². The van der Waals surface area contributed by atoms with Gasteiger partial charge in [0.25, 0.3) is 5.91 Å². The molecule has 2 N–H and O–H groups in total. The highest BCUT2D eigenvalue weighted by Gasteiger charge is 2.19. The van der Waals surface area contributed by atoms with E-state index >= 15 is 0 Å². The zero-order valence-corrected chi connectivity index (χ0v) is 18.1. The molecule has 1 aliphatic heterocycles. The van der Waals surface area contributed by atoms with Gasteiger partial charge >= 0.3 is 0 Å². The zero-order chi connectivity index (χ0) is 22.1. The second kappa shape index (κ2) is 8.43. The predicted molar refractivity (Wildman–Crippen MR) is 125 cm³/mol. The predicted octanol–water partition coefficient (Wildman–Crippen LogP) is 4.24. The van der Waals surface area contributed by atoms with Crippen molar-refractivity contribution in [1.29, 1.82) is 0 Å². The van der Waals surface area contributed by atoms with E-state index in [0.717, 1.165) is 47.5 Å². The van der Waals surface area contributed by atoms with Crippen LogP contribution in [0.4, 0.5) is 5.82 Å². The number of carbonyl (C=O) groups excluding carboxylic acids is 1. The zero-order valence-electron chi connectivity index (χ0n) is 18.1. The SMILES string of the molecule is CC(C)Oc1c(NC(=O)c2ccccc2)ncc2ccc(-c3cnc4n3CCNC4)cc12. The fourth-order valence-electron chi connectivity index (χ4n) is 3.98. The van der Waals surface area contributed by atoms with Gasteiger partial charge in [0.1, 0.15) is 5.82 Å². The van der Waals surface area contributed by atoms with Gasteiger partial charge in [0.05, 0.1) is 24.5 Å². The number of pyridine rings is 1. The molecule has 162 valence electrons. The number of hydrogen-bond acceptors (Lipinski definition) is 5. The van der Waals surface area contributed by atoms with Crippen molar-refractivity contribution in [3.05, 3.63) is 72.3 Å². The van der Waals surface area contributed by atoms with Crippen molar-refractivity contribution in [1.82, 2.24) is 19.9 Å². The number of fused-ring (bicyclic) bond motifs is 2. The van der Waals surface area contributed by atoms with Gasteiger partial charge in [-0.2, -0.15) is 0 Å². The fraction of sp³-hybridized carbons (Fsp3) is 0.240. The summed E-state index contributed by atoms with van der Waals surface area (Å²) in [5.74, 6) is 1.80. The molecule has 0 radical (unpaired) electrons. The second-order valence-electron chi connectivity index (χ2n) is 8.11. The van der Waals surface area contributed by atoms with Gasteiger partial charge in [-0.1, -0.05) is 30.3 Å². The van der Waals surface area contributed by atoms with E-state index in [0.29, 0.717) is 17.1 Å². The number of benzene rings is 2. The lowest BCUT2D eigenvalue weighted by molar-refractivity contribution is 0.102. The summed E-state index contributed by atoms with van der Waals surface area (Å²) in [6, 6.07) is 15.3. The number of nitrogens with one attached hydrogen (secondary N) is 2. The minimum Gasteiger partial charge on any atom is -0.486 e. The molecule has 7 nitrogen and oxygen atoms in total. The van der Waals surface area contributed by atoms with Crippen molar-refractivity contribution < 1.29 is 9.53 Å². The first-order valence-electron chi connectivity index (χ1n) is 10.8. The number of aromatic nitrogens is 3.